The molecule has 3 rings (SSSR count). The third kappa shape index (κ3) is 5.05. The van der Waals surface area contributed by atoms with Crippen LogP contribution < -0.4 is 15.1 Å². The van der Waals surface area contributed by atoms with Crippen molar-refractivity contribution in [2.75, 3.05) is 48.9 Å². The molecule has 1 aliphatic rings. The van der Waals surface area contributed by atoms with Crippen LogP contribution in [0.25, 0.3) is 0 Å². The van der Waals surface area contributed by atoms with Crippen LogP contribution in [0.15, 0.2) is 42.5 Å². The first-order valence-electron chi connectivity index (χ1n) is 9.63. The number of nitrogens with one attached hydrogen (secondary N) is 1. The fraction of sp³-hybridized carbons (Fsp3) is 0.333. The van der Waals surface area contributed by atoms with Gasteiger partial charge in [0.1, 0.15) is 5.69 Å². The smallest absolute Gasteiger partial charge is 0.338 e. The van der Waals surface area contributed by atoms with E-state index >= 15 is 0 Å². The zero-order chi connectivity index (χ0) is 21.7. The number of rotatable bonds is 7. The first kappa shape index (κ1) is 21.1. The number of hydrogen-bond acceptors (Lipinski definition) is 7. The largest absolute Gasteiger partial charge is 0.452 e. The second-order valence-electron chi connectivity index (χ2n) is 7.22. The molecular formula is C21H24N4O5. The molecule has 1 saturated heterocycles. The molecule has 0 bridgehead atoms. The Bertz CT molecular complexity index is 937. The van der Waals surface area contributed by atoms with Crippen LogP contribution in [0.3, 0.4) is 0 Å². The van der Waals surface area contributed by atoms with E-state index in [9.17, 15) is 19.7 Å². The van der Waals surface area contributed by atoms with E-state index in [0.717, 1.165) is 24.8 Å². The highest BCUT2D eigenvalue weighted by atomic mass is 16.6. The molecule has 158 valence electrons. The minimum absolute atomic E-state index is 0.00932. The lowest BCUT2D eigenvalue weighted by Crippen LogP contribution is -2.21. The van der Waals surface area contributed by atoms with Crippen molar-refractivity contribution in [2.24, 2.45) is 0 Å². The maximum atomic E-state index is 12.2. The van der Waals surface area contributed by atoms with Crippen LogP contribution in [0.2, 0.25) is 0 Å². The third-order valence-electron chi connectivity index (χ3n) is 4.85. The number of esters is 1. The molecule has 0 spiro atoms. The molecule has 1 heterocycles. The van der Waals surface area contributed by atoms with Gasteiger partial charge in [0.25, 0.3) is 11.6 Å². The van der Waals surface area contributed by atoms with Gasteiger partial charge in [0.15, 0.2) is 6.61 Å². The van der Waals surface area contributed by atoms with Crippen molar-refractivity contribution in [3.8, 4) is 0 Å². The number of carbonyl (C=O) groups is 2. The van der Waals surface area contributed by atoms with Gasteiger partial charge in [-0.05, 0) is 49.2 Å². The number of carbonyl (C=O) groups excluding carboxylic acids is 2. The van der Waals surface area contributed by atoms with Gasteiger partial charge in [-0.3, -0.25) is 14.9 Å². The topological polar surface area (TPSA) is 105 Å². The van der Waals surface area contributed by atoms with E-state index < -0.39 is 23.4 Å². The fourth-order valence-corrected chi connectivity index (χ4v) is 3.32. The van der Waals surface area contributed by atoms with Crippen LogP contribution in [0.4, 0.5) is 22.7 Å². The molecule has 2 aromatic rings. The van der Waals surface area contributed by atoms with Gasteiger partial charge in [0, 0.05) is 44.6 Å². The third-order valence-corrected chi connectivity index (χ3v) is 4.85. The highest BCUT2D eigenvalue weighted by molar-refractivity contribution is 5.96. The zero-order valence-electron chi connectivity index (χ0n) is 17.0. The second kappa shape index (κ2) is 9.25. The standard InChI is InChI=1S/C21H24N4O5/c1-23(2)18-10-5-15(13-19(18)25(28)29)21(27)30-14-20(26)22-16-6-8-17(9-7-16)24-11-3-4-12-24/h5-10,13H,3-4,11-12,14H2,1-2H3,(H,22,26). The second-order valence-corrected chi connectivity index (χ2v) is 7.22. The van der Waals surface area contributed by atoms with Crippen LogP contribution in [0.5, 0.6) is 0 Å². The average molecular weight is 412 g/mol. The maximum absolute atomic E-state index is 12.2. The quantitative estimate of drug-likeness (QED) is 0.423. The summed E-state index contributed by atoms with van der Waals surface area (Å²) in [7, 11) is 3.34. The van der Waals surface area contributed by atoms with Gasteiger partial charge in [0.05, 0.1) is 10.5 Å². The minimum atomic E-state index is -0.803. The van der Waals surface area contributed by atoms with Crippen molar-refractivity contribution in [1.82, 2.24) is 0 Å². The number of nitro benzene ring substituents is 1. The maximum Gasteiger partial charge on any atom is 0.338 e. The Balaban J connectivity index is 1.56. The van der Waals surface area contributed by atoms with Crippen LogP contribution in [-0.2, 0) is 9.53 Å². The molecule has 1 N–H and O–H groups in total. The van der Waals surface area contributed by atoms with Crippen molar-refractivity contribution < 1.29 is 19.2 Å². The van der Waals surface area contributed by atoms with Crippen molar-refractivity contribution in [3.05, 3.63) is 58.1 Å². The molecule has 0 radical (unpaired) electrons. The lowest BCUT2D eigenvalue weighted by molar-refractivity contribution is -0.384. The summed E-state index contributed by atoms with van der Waals surface area (Å²) in [6.07, 6.45) is 2.37. The lowest BCUT2D eigenvalue weighted by atomic mass is 10.1. The Morgan fingerprint density at radius 3 is 2.40 bits per heavy atom. The summed E-state index contributed by atoms with van der Waals surface area (Å²) in [6.45, 7) is 1.58. The van der Waals surface area contributed by atoms with Crippen molar-refractivity contribution in [3.63, 3.8) is 0 Å². The molecule has 0 saturated carbocycles. The Morgan fingerprint density at radius 1 is 1.13 bits per heavy atom. The van der Waals surface area contributed by atoms with Crippen LogP contribution in [0, 0.1) is 10.1 Å². The molecule has 9 heteroatoms. The molecule has 0 unspecified atom stereocenters. The van der Waals surface area contributed by atoms with E-state index in [2.05, 4.69) is 10.2 Å². The normalized spacial score (nSPS) is 13.1. The molecule has 1 amide bonds. The predicted octanol–water partition coefficient (Wildman–Crippen LogP) is 3.06. The molecule has 2 aromatic carbocycles. The fourth-order valence-electron chi connectivity index (χ4n) is 3.32. The Morgan fingerprint density at radius 2 is 1.80 bits per heavy atom. The molecule has 1 fully saturated rings. The SMILES string of the molecule is CN(C)c1ccc(C(=O)OCC(=O)Nc2ccc(N3CCCC3)cc2)cc1[N+](=O)[O-]. The summed E-state index contributed by atoms with van der Waals surface area (Å²) < 4.78 is 5.01. The average Bonchev–Trinajstić information content (AvgIpc) is 3.27. The van der Waals surface area contributed by atoms with Gasteiger partial charge in [-0.2, -0.15) is 0 Å². The van der Waals surface area contributed by atoms with Crippen molar-refractivity contribution in [1.29, 1.82) is 0 Å². The number of hydrogen-bond donors (Lipinski definition) is 1. The van der Waals surface area contributed by atoms with Gasteiger partial charge in [-0.15, -0.1) is 0 Å². The van der Waals surface area contributed by atoms with E-state index in [4.69, 9.17) is 4.74 Å². The number of nitrogens with zero attached hydrogens (tertiary/aromatic N) is 3. The summed E-state index contributed by atoms with van der Waals surface area (Å²) in [4.78, 5) is 38.8. The van der Waals surface area contributed by atoms with E-state index in [0.29, 0.717) is 11.4 Å². The van der Waals surface area contributed by atoms with E-state index in [-0.39, 0.29) is 11.3 Å². The van der Waals surface area contributed by atoms with Gasteiger partial charge < -0.3 is 19.9 Å². The molecular weight excluding hydrogens is 388 g/mol. The number of ether oxygens (including phenoxy) is 1. The summed E-state index contributed by atoms with van der Waals surface area (Å²) in [5.41, 5.74) is 1.88. The highest BCUT2D eigenvalue weighted by Gasteiger charge is 2.20. The van der Waals surface area contributed by atoms with E-state index in [1.54, 1.807) is 31.1 Å². The van der Waals surface area contributed by atoms with Gasteiger partial charge in [0.2, 0.25) is 0 Å². The molecule has 30 heavy (non-hydrogen) atoms. The lowest BCUT2D eigenvalue weighted by Gasteiger charge is -2.17. The Hall–Kier alpha value is -3.62. The van der Waals surface area contributed by atoms with E-state index in [1.165, 1.54) is 25.0 Å². The van der Waals surface area contributed by atoms with Crippen LogP contribution in [0.1, 0.15) is 23.2 Å². The van der Waals surface area contributed by atoms with Crippen molar-refractivity contribution in [2.45, 2.75) is 12.8 Å². The molecule has 9 nitrogen and oxygen atoms in total. The van der Waals surface area contributed by atoms with Gasteiger partial charge >= 0.3 is 5.97 Å². The number of amides is 1. The summed E-state index contributed by atoms with van der Waals surface area (Å²) in [6, 6.07) is 11.5. The first-order chi connectivity index (χ1) is 14.3. The van der Waals surface area contributed by atoms with Crippen LogP contribution >= 0.6 is 0 Å². The summed E-state index contributed by atoms with van der Waals surface area (Å²) >= 11 is 0. The number of benzene rings is 2. The summed E-state index contributed by atoms with van der Waals surface area (Å²) in [5, 5.41) is 13.9. The highest BCUT2D eigenvalue weighted by Crippen LogP contribution is 2.28. The minimum Gasteiger partial charge on any atom is -0.452 e. The molecule has 0 atom stereocenters. The summed E-state index contributed by atoms with van der Waals surface area (Å²) in [5.74, 6) is -1.29. The van der Waals surface area contributed by atoms with Crippen LogP contribution in [-0.4, -0.2) is 50.6 Å². The van der Waals surface area contributed by atoms with E-state index in [1.807, 2.05) is 12.1 Å². The number of nitro groups is 1. The molecule has 1 aliphatic heterocycles. The Kier molecular flexibility index (Phi) is 6.51. The van der Waals surface area contributed by atoms with Crippen molar-refractivity contribution >= 4 is 34.6 Å². The number of anilines is 3. The van der Waals surface area contributed by atoms with Gasteiger partial charge in [-0.1, -0.05) is 0 Å². The monoisotopic (exact) mass is 412 g/mol. The zero-order valence-corrected chi connectivity index (χ0v) is 17.0. The first-order valence-corrected chi connectivity index (χ1v) is 9.63. The van der Waals surface area contributed by atoms with Gasteiger partial charge in [-0.25, -0.2) is 4.79 Å². The predicted molar refractivity (Wildman–Crippen MR) is 114 cm³/mol. The Labute approximate surface area is 174 Å². The molecule has 0 aliphatic carbocycles. The molecule has 0 aromatic heterocycles.